The second kappa shape index (κ2) is 5.14. The minimum absolute atomic E-state index is 0.0400. The Hall–Kier alpha value is -1.95. The van der Waals surface area contributed by atoms with Gasteiger partial charge in [-0.1, -0.05) is 11.3 Å². The number of ether oxygens (including phenoxy) is 1. The largest absolute Gasteiger partial charge is 0.478 e. The molecule has 6 nitrogen and oxygen atoms in total. The number of rotatable bonds is 5. The van der Waals surface area contributed by atoms with Gasteiger partial charge in [0, 0.05) is 6.61 Å². The Morgan fingerprint density at radius 1 is 1.56 bits per heavy atom. The molecule has 1 N–H and O–H groups in total. The van der Waals surface area contributed by atoms with Crippen LogP contribution in [0.3, 0.4) is 0 Å². The number of fused-ring (bicyclic) bond motifs is 1. The summed E-state index contributed by atoms with van der Waals surface area (Å²) in [4.78, 5) is 11.2. The third-order valence-electron chi connectivity index (χ3n) is 2.64. The van der Waals surface area contributed by atoms with Crippen LogP contribution in [0, 0.1) is 0 Å². The molecule has 0 fully saturated rings. The number of hydrogen-bond acceptors (Lipinski definition) is 4. The van der Waals surface area contributed by atoms with E-state index in [9.17, 15) is 4.79 Å². The molecule has 0 aliphatic heterocycles. The van der Waals surface area contributed by atoms with E-state index in [-0.39, 0.29) is 11.7 Å². The maximum Gasteiger partial charge on any atom is 0.337 e. The van der Waals surface area contributed by atoms with Gasteiger partial charge in [-0.3, -0.25) is 0 Å². The molecule has 0 amide bonds. The van der Waals surface area contributed by atoms with Crippen LogP contribution in [-0.4, -0.2) is 38.8 Å². The molecule has 1 atom stereocenters. The summed E-state index contributed by atoms with van der Waals surface area (Å²) in [6.07, 6.45) is -0.0400. The van der Waals surface area contributed by atoms with Crippen molar-refractivity contribution in [2.75, 3.05) is 6.61 Å². The van der Waals surface area contributed by atoms with E-state index in [0.29, 0.717) is 24.2 Å². The fourth-order valence-corrected chi connectivity index (χ4v) is 1.91. The normalized spacial score (nSPS) is 12.8. The quantitative estimate of drug-likeness (QED) is 0.870. The molecule has 0 bridgehead atoms. The summed E-state index contributed by atoms with van der Waals surface area (Å²) in [5.74, 6) is -0.979. The number of para-hydroxylation sites is 1. The van der Waals surface area contributed by atoms with Crippen LogP contribution in [-0.2, 0) is 11.3 Å². The number of aromatic nitrogens is 3. The van der Waals surface area contributed by atoms with E-state index in [0.717, 1.165) is 0 Å². The number of carboxylic acids is 1. The number of aromatic carboxylic acids is 1. The summed E-state index contributed by atoms with van der Waals surface area (Å²) in [6.45, 7) is 4.92. The fraction of sp³-hybridized carbons (Fsp3) is 0.417. The van der Waals surface area contributed by atoms with Gasteiger partial charge in [-0.15, -0.1) is 5.10 Å². The molecule has 2 rings (SSSR count). The van der Waals surface area contributed by atoms with Crippen LogP contribution in [0.2, 0.25) is 0 Å². The van der Waals surface area contributed by atoms with E-state index in [1.165, 1.54) is 0 Å². The van der Waals surface area contributed by atoms with Gasteiger partial charge < -0.3 is 9.84 Å². The molecule has 2 aromatic rings. The van der Waals surface area contributed by atoms with Crippen molar-refractivity contribution in [3.63, 3.8) is 0 Å². The molecule has 1 heterocycles. The molecule has 96 valence electrons. The van der Waals surface area contributed by atoms with E-state index in [1.54, 1.807) is 22.9 Å². The average molecular weight is 249 g/mol. The molecule has 0 saturated heterocycles. The summed E-state index contributed by atoms with van der Waals surface area (Å²) in [6, 6.07) is 4.96. The van der Waals surface area contributed by atoms with Crippen molar-refractivity contribution in [2.45, 2.75) is 26.5 Å². The van der Waals surface area contributed by atoms with Crippen molar-refractivity contribution in [1.82, 2.24) is 15.0 Å². The Balaban J connectivity index is 2.42. The van der Waals surface area contributed by atoms with Gasteiger partial charge in [-0.25, -0.2) is 9.48 Å². The minimum atomic E-state index is -0.979. The van der Waals surface area contributed by atoms with Gasteiger partial charge in [-0.05, 0) is 26.0 Å². The third kappa shape index (κ3) is 2.33. The number of nitrogens with zero attached hydrogens (tertiary/aromatic N) is 3. The molecular formula is C12H15N3O3. The Bertz CT molecular complexity index is 565. The fourth-order valence-electron chi connectivity index (χ4n) is 1.91. The topological polar surface area (TPSA) is 77.2 Å². The SMILES string of the molecule is CCOC(C)Cn1nnc2cccc(C(=O)O)c21. The molecule has 0 aliphatic rings. The monoisotopic (exact) mass is 249 g/mol. The van der Waals surface area contributed by atoms with Crippen molar-refractivity contribution >= 4 is 17.0 Å². The zero-order chi connectivity index (χ0) is 13.1. The van der Waals surface area contributed by atoms with Crippen LogP contribution in [0.1, 0.15) is 24.2 Å². The van der Waals surface area contributed by atoms with Crippen LogP contribution >= 0.6 is 0 Å². The molecule has 1 aromatic carbocycles. The van der Waals surface area contributed by atoms with E-state index in [4.69, 9.17) is 9.84 Å². The summed E-state index contributed by atoms with van der Waals surface area (Å²) in [5, 5.41) is 17.1. The van der Waals surface area contributed by atoms with Crippen LogP contribution in [0.4, 0.5) is 0 Å². The Kier molecular flexibility index (Phi) is 3.57. The first-order valence-corrected chi connectivity index (χ1v) is 5.80. The molecule has 6 heteroatoms. The Morgan fingerprint density at radius 3 is 3.00 bits per heavy atom. The van der Waals surface area contributed by atoms with Crippen LogP contribution < -0.4 is 0 Å². The molecule has 0 radical (unpaired) electrons. The third-order valence-corrected chi connectivity index (χ3v) is 2.64. The zero-order valence-corrected chi connectivity index (χ0v) is 10.3. The van der Waals surface area contributed by atoms with Gasteiger partial charge in [0.05, 0.1) is 18.2 Å². The summed E-state index contributed by atoms with van der Waals surface area (Å²) >= 11 is 0. The molecule has 0 aliphatic carbocycles. The molecule has 18 heavy (non-hydrogen) atoms. The number of carboxylic acid groups (broad SMARTS) is 1. The summed E-state index contributed by atoms with van der Waals surface area (Å²) in [5.41, 5.74) is 1.33. The lowest BCUT2D eigenvalue weighted by Crippen LogP contribution is -2.18. The lowest BCUT2D eigenvalue weighted by molar-refractivity contribution is 0.0615. The summed E-state index contributed by atoms with van der Waals surface area (Å²) < 4.78 is 7.01. The predicted octanol–water partition coefficient (Wildman–Crippen LogP) is 1.55. The van der Waals surface area contributed by atoms with Gasteiger partial charge in [-0.2, -0.15) is 0 Å². The molecule has 0 spiro atoms. The van der Waals surface area contributed by atoms with Gasteiger partial charge >= 0.3 is 5.97 Å². The Labute approximate surface area is 104 Å². The standard InChI is InChI=1S/C12H15N3O3/c1-3-18-8(2)7-15-11-9(12(16)17)5-4-6-10(11)13-14-15/h4-6,8H,3,7H2,1-2H3,(H,16,17). The molecule has 1 unspecified atom stereocenters. The van der Waals surface area contributed by atoms with Crippen molar-refractivity contribution in [3.05, 3.63) is 23.8 Å². The van der Waals surface area contributed by atoms with E-state index in [2.05, 4.69) is 10.3 Å². The summed E-state index contributed by atoms with van der Waals surface area (Å²) in [7, 11) is 0. The smallest absolute Gasteiger partial charge is 0.337 e. The maximum absolute atomic E-state index is 11.2. The highest BCUT2D eigenvalue weighted by molar-refractivity contribution is 6.00. The number of hydrogen-bond donors (Lipinski definition) is 1. The molecular weight excluding hydrogens is 234 g/mol. The first-order valence-electron chi connectivity index (χ1n) is 5.80. The average Bonchev–Trinajstić information content (AvgIpc) is 2.72. The highest BCUT2D eigenvalue weighted by Crippen LogP contribution is 2.17. The van der Waals surface area contributed by atoms with Crippen LogP contribution in [0.15, 0.2) is 18.2 Å². The first-order chi connectivity index (χ1) is 8.63. The van der Waals surface area contributed by atoms with Gasteiger partial charge in [0.2, 0.25) is 0 Å². The minimum Gasteiger partial charge on any atom is -0.478 e. The predicted molar refractivity (Wildman–Crippen MR) is 65.6 cm³/mol. The van der Waals surface area contributed by atoms with E-state index >= 15 is 0 Å². The van der Waals surface area contributed by atoms with E-state index in [1.807, 2.05) is 13.8 Å². The van der Waals surface area contributed by atoms with Crippen molar-refractivity contribution in [2.24, 2.45) is 0 Å². The van der Waals surface area contributed by atoms with Crippen molar-refractivity contribution in [3.8, 4) is 0 Å². The van der Waals surface area contributed by atoms with Gasteiger partial charge in [0.25, 0.3) is 0 Å². The second-order valence-corrected chi connectivity index (χ2v) is 4.02. The Morgan fingerprint density at radius 2 is 2.33 bits per heavy atom. The highest BCUT2D eigenvalue weighted by atomic mass is 16.5. The maximum atomic E-state index is 11.2. The number of carbonyl (C=O) groups is 1. The van der Waals surface area contributed by atoms with Gasteiger partial charge in [0.15, 0.2) is 0 Å². The van der Waals surface area contributed by atoms with E-state index < -0.39 is 5.97 Å². The molecule has 0 saturated carbocycles. The lowest BCUT2D eigenvalue weighted by atomic mass is 10.2. The second-order valence-electron chi connectivity index (χ2n) is 4.02. The highest BCUT2D eigenvalue weighted by Gasteiger charge is 2.15. The van der Waals surface area contributed by atoms with Crippen molar-refractivity contribution < 1.29 is 14.6 Å². The number of benzene rings is 1. The lowest BCUT2D eigenvalue weighted by Gasteiger charge is -2.12. The molecule has 1 aromatic heterocycles. The van der Waals surface area contributed by atoms with Crippen LogP contribution in [0.25, 0.3) is 11.0 Å². The van der Waals surface area contributed by atoms with Crippen molar-refractivity contribution in [1.29, 1.82) is 0 Å². The zero-order valence-electron chi connectivity index (χ0n) is 10.3. The van der Waals surface area contributed by atoms with Gasteiger partial charge in [0.1, 0.15) is 11.0 Å². The first kappa shape index (κ1) is 12.5. The van der Waals surface area contributed by atoms with Crippen LogP contribution in [0.5, 0.6) is 0 Å².